The number of thioether (sulfide) groups is 1. The van der Waals surface area contributed by atoms with Crippen LogP contribution < -0.4 is 5.32 Å². The van der Waals surface area contributed by atoms with Gasteiger partial charge in [-0.1, -0.05) is 0 Å². The van der Waals surface area contributed by atoms with Gasteiger partial charge in [0.15, 0.2) is 0 Å². The van der Waals surface area contributed by atoms with E-state index < -0.39 is 0 Å². The molecule has 0 radical (unpaired) electrons. The topological polar surface area (TPSA) is 46.9 Å². The van der Waals surface area contributed by atoms with Crippen LogP contribution in [0.3, 0.4) is 0 Å². The highest BCUT2D eigenvalue weighted by atomic mass is 32.2. The Morgan fingerprint density at radius 2 is 2.32 bits per heavy atom. The maximum Gasteiger partial charge on any atom is 0.230 e. The Bertz CT molecular complexity index is 692. The molecule has 1 atom stereocenters. The van der Waals surface area contributed by atoms with Gasteiger partial charge in [-0.25, -0.2) is 9.37 Å². The minimum atomic E-state index is -0.296. The minimum Gasteiger partial charge on any atom is -0.307 e. The SMILES string of the molecule is CC(C)n1c(NC(=O)C2CCCSC2)nc2ccc(F)cc21. The van der Waals surface area contributed by atoms with Gasteiger partial charge >= 0.3 is 0 Å². The summed E-state index contributed by atoms with van der Waals surface area (Å²) in [6.45, 7) is 4.00. The third kappa shape index (κ3) is 2.97. The fraction of sp³-hybridized carbons (Fsp3) is 0.500. The molecule has 2 heterocycles. The van der Waals surface area contributed by atoms with Crippen LogP contribution in [0.15, 0.2) is 18.2 Å². The monoisotopic (exact) mass is 321 g/mol. The number of halogens is 1. The van der Waals surface area contributed by atoms with Crippen LogP contribution in [0.1, 0.15) is 32.7 Å². The van der Waals surface area contributed by atoms with Crippen molar-refractivity contribution < 1.29 is 9.18 Å². The van der Waals surface area contributed by atoms with Gasteiger partial charge in [0.1, 0.15) is 5.82 Å². The summed E-state index contributed by atoms with van der Waals surface area (Å²) in [4.78, 5) is 16.9. The number of nitrogens with zero attached hydrogens (tertiary/aromatic N) is 2. The molecule has 22 heavy (non-hydrogen) atoms. The highest BCUT2D eigenvalue weighted by molar-refractivity contribution is 7.99. The summed E-state index contributed by atoms with van der Waals surface area (Å²) in [5.41, 5.74) is 1.41. The highest BCUT2D eigenvalue weighted by Crippen LogP contribution is 2.27. The van der Waals surface area contributed by atoms with Gasteiger partial charge in [-0.2, -0.15) is 11.8 Å². The molecule has 0 spiro atoms. The number of nitrogens with one attached hydrogen (secondary N) is 1. The molecule has 2 aromatic rings. The molecule has 3 rings (SSSR count). The van der Waals surface area contributed by atoms with Crippen molar-refractivity contribution in [3.05, 3.63) is 24.0 Å². The molecular formula is C16H20FN3OS. The molecule has 118 valence electrons. The number of rotatable bonds is 3. The molecule has 1 aliphatic heterocycles. The van der Waals surface area contributed by atoms with Crippen molar-refractivity contribution in [3.8, 4) is 0 Å². The van der Waals surface area contributed by atoms with Gasteiger partial charge in [-0.3, -0.25) is 10.1 Å². The Morgan fingerprint density at radius 1 is 1.50 bits per heavy atom. The Kier molecular flexibility index (Phi) is 4.38. The van der Waals surface area contributed by atoms with Gasteiger partial charge in [-0.05, 0) is 50.6 Å². The van der Waals surface area contributed by atoms with Crippen molar-refractivity contribution in [2.75, 3.05) is 16.8 Å². The van der Waals surface area contributed by atoms with Crippen molar-refractivity contribution in [2.45, 2.75) is 32.7 Å². The number of imidazole rings is 1. The second kappa shape index (κ2) is 6.28. The smallest absolute Gasteiger partial charge is 0.230 e. The van der Waals surface area contributed by atoms with E-state index in [2.05, 4.69) is 10.3 Å². The lowest BCUT2D eigenvalue weighted by atomic mass is 10.1. The fourth-order valence-electron chi connectivity index (χ4n) is 2.84. The van der Waals surface area contributed by atoms with Crippen LogP contribution in [0.5, 0.6) is 0 Å². The zero-order valence-corrected chi connectivity index (χ0v) is 13.6. The average Bonchev–Trinajstić information content (AvgIpc) is 2.85. The largest absolute Gasteiger partial charge is 0.307 e. The third-order valence-corrected chi connectivity index (χ3v) is 5.15. The van der Waals surface area contributed by atoms with Crippen molar-refractivity contribution >= 4 is 34.7 Å². The molecule has 0 bridgehead atoms. The first kappa shape index (κ1) is 15.3. The number of aromatic nitrogens is 2. The van der Waals surface area contributed by atoms with E-state index in [0.717, 1.165) is 24.3 Å². The first-order valence-electron chi connectivity index (χ1n) is 7.62. The zero-order chi connectivity index (χ0) is 15.7. The molecule has 0 aliphatic carbocycles. The number of amides is 1. The normalized spacial score (nSPS) is 18.8. The van der Waals surface area contributed by atoms with Crippen LogP contribution in [0.2, 0.25) is 0 Å². The molecule has 1 unspecified atom stereocenters. The minimum absolute atomic E-state index is 0.0184. The van der Waals surface area contributed by atoms with E-state index in [-0.39, 0.29) is 23.7 Å². The first-order chi connectivity index (χ1) is 10.6. The number of hydrogen-bond donors (Lipinski definition) is 1. The maximum absolute atomic E-state index is 13.5. The van der Waals surface area contributed by atoms with Gasteiger partial charge in [0, 0.05) is 17.7 Å². The predicted octanol–water partition coefficient (Wildman–Crippen LogP) is 3.84. The number of carbonyl (C=O) groups is 1. The van der Waals surface area contributed by atoms with Gasteiger partial charge in [0.2, 0.25) is 11.9 Å². The van der Waals surface area contributed by atoms with E-state index >= 15 is 0 Å². The Morgan fingerprint density at radius 3 is 3.00 bits per heavy atom. The number of benzene rings is 1. The molecule has 1 aliphatic rings. The summed E-state index contributed by atoms with van der Waals surface area (Å²) in [5, 5.41) is 2.95. The molecule has 1 N–H and O–H groups in total. The van der Waals surface area contributed by atoms with Crippen molar-refractivity contribution in [2.24, 2.45) is 5.92 Å². The highest BCUT2D eigenvalue weighted by Gasteiger charge is 2.24. The zero-order valence-electron chi connectivity index (χ0n) is 12.8. The van der Waals surface area contributed by atoms with Crippen LogP contribution >= 0.6 is 11.8 Å². The summed E-state index contributed by atoms with van der Waals surface area (Å²) >= 11 is 1.82. The molecule has 1 aromatic heterocycles. The fourth-order valence-corrected chi connectivity index (χ4v) is 3.98. The van der Waals surface area contributed by atoms with Crippen molar-refractivity contribution in [1.82, 2.24) is 9.55 Å². The molecule has 1 fully saturated rings. The Hall–Kier alpha value is -1.56. The lowest BCUT2D eigenvalue weighted by Gasteiger charge is -2.21. The standard InChI is InChI=1S/C16H20FN3OS/c1-10(2)20-14-8-12(17)5-6-13(14)18-16(20)19-15(21)11-4-3-7-22-9-11/h5-6,8,10-11H,3-4,7,9H2,1-2H3,(H,18,19,21). The second-order valence-electron chi connectivity index (χ2n) is 5.94. The molecule has 6 heteroatoms. The molecule has 1 saturated heterocycles. The Balaban J connectivity index is 1.92. The van der Waals surface area contributed by atoms with Gasteiger partial charge < -0.3 is 4.57 Å². The maximum atomic E-state index is 13.5. The average molecular weight is 321 g/mol. The molecule has 1 aromatic carbocycles. The van der Waals surface area contributed by atoms with E-state index in [1.807, 2.05) is 30.2 Å². The molecular weight excluding hydrogens is 301 g/mol. The quantitative estimate of drug-likeness (QED) is 0.934. The van der Waals surface area contributed by atoms with Gasteiger partial charge in [-0.15, -0.1) is 0 Å². The lowest BCUT2D eigenvalue weighted by molar-refractivity contribution is -0.119. The lowest BCUT2D eigenvalue weighted by Crippen LogP contribution is -2.28. The van der Waals surface area contributed by atoms with E-state index in [9.17, 15) is 9.18 Å². The van der Waals surface area contributed by atoms with Gasteiger partial charge in [0.05, 0.1) is 11.0 Å². The van der Waals surface area contributed by atoms with Crippen LogP contribution in [-0.2, 0) is 4.79 Å². The van der Waals surface area contributed by atoms with E-state index in [4.69, 9.17) is 0 Å². The summed E-state index contributed by atoms with van der Waals surface area (Å²) in [7, 11) is 0. The van der Waals surface area contributed by atoms with E-state index in [1.54, 1.807) is 6.07 Å². The van der Waals surface area contributed by atoms with E-state index in [1.165, 1.54) is 12.1 Å². The number of carbonyl (C=O) groups excluding carboxylic acids is 1. The summed E-state index contributed by atoms with van der Waals surface area (Å²) in [6.07, 6.45) is 2.00. The number of hydrogen-bond acceptors (Lipinski definition) is 3. The van der Waals surface area contributed by atoms with Crippen LogP contribution in [0.25, 0.3) is 11.0 Å². The van der Waals surface area contributed by atoms with Gasteiger partial charge in [0.25, 0.3) is 0 Å². The number of anilines is 1. The van der Waals surface area contributed by atoms with Crippen LogP contribution in [0, 0.1) is 11.7 Å². The third-order valence-electron chi connectivity index (χ3n) is 3.93. The van der Waals surface area contributed by atoms with Crippen LogP contribution in [-0.4, -0.2) is 27.0 Å². The molecule has 4 nitrogen and oxygen atoms in total. The van der Waals surface area contributed by atoms with E-state index in [0.29, 0.717) is 17.0 Å². The first-order valence-corrected chi connectivity index (χ1v) is 8.78. The predicted molar refractivity (Wildman–Crippen MR) is 88.8 cm³/mol. The number of fused-ring (bicyclic) bond motifs is 1. The van der Waals surface area contributed by atoms with Crippen molar-refractivity contribution in [3.63, 3.8) is 0 Å². The molecule has 1 amide bonds. The van der Waals surface area contributed by atoms with Crippen LogP contribution in [0.4, 0.5) is 10.3 Å². The summed E-state index contributed by atoms with van der Waals surface area (Å²) in [5.74, 6) is 2.27. The summed E-state index contributed by atoms with van der Waals surface area (Å²) in [6, 6.07) is 4.59. The van der Waals surface area contributed by atoms with Crippen molar-refractivity contribution in [1.29, 1.82) is 0 Å². The molecule has 0 saturated carbocycles. The Labute approximate surface area is 133 Å². The second-order valence-corrected chi connectivity index (χ2v) is 7.09. The summed E-state index contributed by atoms with van der Waals surface area (Å²) < 4.78 is 15.4.